The van der Waals surface area contributed by atoms with Crippen LogP contribution in [0.4, 0.5) is 34.1 Å². The Hall–Kier alpha value is -15.2. The van der Waals surface area contributed by atoms with Gasteiger partial charge >= 0.3 is 0 Å². The van der Waals surface area contributed by atoms with Gasteiger partial charge in [0.1, 0.15) is 0 Å². The third kappa shape index (κ3) is 9.17. The molecule has 2 aliphatic rings. The second-order valence-electron chi connectivity index (χ2n) is 30.9. The third-order valence-corrected chi connectivity index (χ3v) is 25.0. The van der Waals surface area contributed by atoms with Crippen LogP contribution in [0.1, 0.15) is 0 Å². The molecule has 6 nitrogen and oxygen atoms in total. The van der Waals surface area contributed by atoms with Crippen LogP contribution in [0, 0.1) is 0 Å². The number of nitrogens with zero attached hydrogens (tertiary/aromatic N) is 6. The number of fused-ring (bicyclic) bond motifs is 23. The number of anilines is 6. The van der Waals surface area contributed by atoms with E-state index >= 15 is 0 Å². The first-order valence-corrected chi connectivity index (χ1v) is 39.8. The Kier molecular flexibility index (Phi) is 13.6. The Morgan fingerprint density at radius 1 is 0.191 bits per heavy atom. The fraction of sp³-hybridized carbons (Fsp3) is 0. The molecule has 115 heavy (non-hydrogen) atoms. The second kappa shape index (κ2) is 24.7. The van der Waals surface area contributed by atoms with Gasteiger partial charge in [0.25, 0.3) is 6.71 Å². The van der Waals surface area contributed by atoms with Crippen LogP contribution in [0.3, 0.4) is 0 Å². The minimum absolute atomic E-state index is 0.326. The van der Waals surface area contributed by atoms with Crippen LogP contribution in [-0.4, -0.2) is 25.0 Å². The molecule has 0 unspecified atom stereocenters. The highest BCUT2D eigenvalue weighted by Crippen LogP contribution is 2.52. The Morgan fingerprint density at radius 2 is 0.574 bits per heavy atom. The van der Waals surface area contributed by atoms with E-state index in [0.717, 1.165) is 112 Å². The average molecular weight is 1460 g/mol. The molecular weight excluding hydrogens is 1390 g/mol. The molecule has 0 N–H and O–H groups in total. The lowest BCUT2D eigenvalue weighted by Gasteiger charge is -2.35. The predicted molar refractivity (Wildman–Crippen MR) is 487 cm³/mol. The summed E-state index contributed by atoms with van der Waals surface area (Å²) in [6.45, 7) is -0.326. The molecule has 4 aromatic heterocycles. The second-order valence-corrected chi connectivity index (χ2v) is 30.9. The Morgan fingerprint density at radius 3 is 1.10 bits per heavy atom. The van der Waals surface area contributed by atoms with Crippen LogP contribution in [0.2, 0.25) is 0 Å². The molecule has 0 fully saturated rings. The summed E-state index contributed by atoms with van der Waals surface area (Å²) >= 11 is 0. The summed E-state index contributed by atoms with van der Waals surface area (Å²) in [4.78, 5) is 4.90. The van der Waals surface area contributed by atoms with Gasteiger partial charge in [0, 0.05) is 111 Å². The van der Waals surface area contributed by atoms with Gasteiger partial charge in [-0.05, 0) is 211 Å². The number of hydrogen-bond acceptors (Lipinski definition) is 2. The van der Waals surface area contributed by atoms with E-state index in [4.69, 9.17) is 0 Å². The minimum atomic E-state index is -0.326. The van der Waals surface area contributed by atoms with E-state index in [1.807, 2.05) is 0 Å². The average Bonchev–Trinajstić information content (AvgIpc) is 1.50. The summed E-state index contributed by atoms with van der Waals surface area (Å²) in [5.41, 5.74) is 30.8. The van der Waals surface area contributed by atoms with Crippen molar-refractivity contribution >= 4 is 177 Å². The summed E-state index contributed by atoms with van der Waals surface area (Å²) < 4.78 is 10.5. The lowest BCUT2D eigenvalue weighted by molar-refractivity contribution is 1.12. The number of rotatable bonds is 11. The molecule has 23 aromatic rings. The lowest BCUT2D eigenvalue weighted by atomic mass is 9.34. The highest BCUT2D eigenvalue weighted by Gasteiger charge is 2.43. The van der Waals surface area contributed by atoms with E-state index in [2.05, 4.69) is 435 Å². The van der Waals surface area contributed by atoms with E-state index in [-0.39, 0.29) is 6.71 Å². The fourth-order valence-corrected chi connectivity index (χ4v) is 20.5. The van der Waals surface area contributed by atoms with Crippen molar-refractivity contribution in [1.29, 1.82) is 0 Å². The summed E-state index contributed by atoms with van der Waals surface area (Å²) in [6, 6.07) is 153. The summed E-state index contributed by atoms with van der Waals surface area (Å²) in [6.07, 6.45) is 0. The van der Waals surface area contributed by atoms with Crippen molar-refractivity contribution in [2.24, 2.45) is 0 Å². The summed E-state index contributed by atoms with van der Waals surface area (Å²) in [7, 11) is 0. The third-order valence-electron chi connectivity index (χ3n) is 25.0. The van der Waals surface area contributed by atoms with Gasteiger partial charge < -0.3 is 28.1 Å². The van der Waals surface area contributed by atoms with E-state index in [0.29, 0.717) is 0 Å². The molecular formula is C108H67BN6. The van der Waals surface area contributed by atoms with Gasteiger partial charge in [0.15, 0.2) is 0 Å². The molecule has 19 aromatic carbocycles. The SMILES string of the molecule is c1ccc(-c2ccccc2-c2cc3c4c(c2)c2c5c6ccccc6c6ccccc6c5ccc2n4-c2cc(-c4c(-n5c6ccccc6c6ccccc65)cccc4-n4c5ccccc5c5ccccc54)cc4c2B3c2cc(N(c3ccccc3)c3ccccc3)cc3c5cc(N(c6ccccc6)c6ccccc6)ccc5n-4c23)cc1. The molecule has 7 heteroatoms. The molecule has 2 aliphatic heterocycles. The molecule has 0 saturated carbocycles. The predicted octanol–water partition coefficient (Wildman–Crippen LogP) is 26.6. The largest absolute Gasteiger partial charge is 0.311 e. The van der Waals surface area contributed by atoms with Crippen molar-refractivity contribution in [2.45, 2.75) is 0 Å². The smallest absolute Gasteiger partial charge is 0.252 e. The minimum Gasteiger partial charge on any atom is -0.311 e. The van der Waals surface area contributed by atoms with Crippen molar-refractivity contribution in [3.63, 3.8) is 0 Å². The number of para-hydroxylation sites is 8. The van der Waals surface area contributed by atoms with Gasteiger partial charge in [-0.3, -0.25) is 0 Å². The van der Waals surface area contributed by atoms with Crippen LogP contribution < -0.4 is 26.2 Å². The molecule has 0 atom stereocenters. The van der Waals surface area contributed by atoms with Crippen LogP contribution in [0.5, 0.6) is 0 Å². The van der Waals surface area contributed by atoms with E-state index < -0.39 is 0 Å². The monoisotopic (exact) mass is 1460 g/mol. The molecule has 6 heterocycles. The van der Waals surface area contributed by atoms with Crippen LogP contribution in [-0.2, 0) is 0 Å². The fourth-order valence-electron chi connectivity index (χ4n) is 20.5. The summed E-state index contributed by atoms with van der Waals surface area (Å²) in [5.74, 6) is 0. The van der Waals surface area contributed by atoms with Crippen LogP contribution >= 0.6 is 0 Å². The van der Waals surface area contributed by atoms with E-state index in [1.165, 1.54) is 114 Å². The van der Waals surface area contributed by atoms with Crippen LogP contribution in [0.25, 0.3) is 176 Å². The van der Waals surface area contributed by atoms with Crippen molar-refractivity contribution in [1.82, 2.24) is 18.3 Å². The van der Waals surface area contributed by atoms with Crippen molar-refractivity contribution < 1.29 is 0 Å². The molecule has 0 radical (unpaired) electrons. The molecule has 532 valence electrons. The quantitative estimate of drug-likeness (QED) is 0.0953. The Bertz CT molecular complexity index is 7680. The Balaban J connectivity index is 0.898. The standard InChI is InChI=1S/C108H67BN6/c1-6-31-68(32-7-1)77-41-16-17-42-78(77)69-61-90-105-100(60-58-87-81-45-19-18-43-79(81)80-44-20-21-50-86(80)104(87)105)115-102-64-70(103-98(112-93-51-26-22-46-82(93)83-47-23-27-52-94(83)112)55-30-56-99(103)113-95-53-28-24-48-84(95)85-49-25-29-54-96(85)113)63-101-106(102)109(91(62-69)108(90)115)92-67-76(111(73-37-12-4-13-38-73)74-39-14-5-15-40-74)66-89-88-65-75(57-59-97(88)114(101)107(89)92)110(71-33-8-2-9-34-71)72-35-10-3-11-36-72/h1-67H. The van der Waals surface area contributed by atoms with Gasteiger partial charge in [0.2, 0.25) is 0 Å². The van der Waals surface area contributed by atoms with Gasteiger partial charge in [-0.25, -0.2) is 0 Å². The molecule has 0 bridgehead atoms. The van der Waals surface area contributed by atoms with Gasteiger partial charge in [-0.2, -0.15) is 0 Å². The zero-order chi connectivity index (χ0) is 75.1. The number of benzene rings is 19. The molecule has 0 amide bonds. The zero-order valence-corrected chi connectivity index (χ0v) is 62.4. The van der Waals surface area contributed by atoms with Crippen molar-refractivity contribution in [2.75, 3.05) is 9.80 Å². The number of aromatic nitrogens is 4. The van der Waals surface area contributed by atoms with Gasteiger partial charge in [-0.1, -0.05) is 267 Å². The summed E-state index contributed by atoms with van der Waals surface area (Å²) in [5, 5.41) is 17.0. The maximum atomic E-state index is 2.73. The normalized spacial score (nSPS) is 12.3. The van der Waals surface area contributed by atoms with Crippen molar-refractivity contribution in [3.05, 3.63) is 406 Å². The first-order valence-electron chi connectivity index (χ1n) is 39.8. The molecule has 0 aliphatic carbocycles. The molecule has 25 rings (SSSR count). The van der Waals surface area contributed by atoms with Crippen LogP contribution in [0.15, 0.2) is 406 Å². The zero-order valence-electron chi connectivity index (χ0n) is 62.4. The Labute approximate surface area is 663 Å². The molecule has 0 saturated heterocycles. The van der Waals surface area contributed by atoms with Gasteiger partial charge in [0.05, 0.1) is 44.5 Å². The number of hydrogen-bond donors (Lipinski definition) is 0. The maximum Gasteiger partial charge on any atom is 0.252 e. The molecule has 0 spiro atoms. The highest BCUT2D eigenvalue weighted by atomic mass is 15.2. The van der Waals surface area contributed by atoms with Crippen molar-refractivity contribution in [3.8, 4) is 56.1 Å². The maximum absolute atomic E-state index is 2.73. The first kappa shape index (κ1) is 63.6. The lowest BCUT2D eigenvalue weighted by Crippen LogP contribution is -2.59. The highest BCUT2D eigenvalue weighted by molar-refractivity contribution is 7.00. The topological polar surface area (TPSA) is 26.2 Å². The van der Waals surface area contributed by atoms with Gasteiger partial charge in [-0.15, -0.1) is 0 Å². The van der Waals surface area contributed by atoms with E-state index in [1.54, 1.807) is 0 Å². The van der Waals surface area contributed by atoms with E-state index in [9.17, 15) is 0 Å². The first-order chi connectivity index (χ1) is 57.1.